The van der Waals surface area contributed by atoms with E-state index in [2.05, 4.69) is 4.98 Å². The molecule has 0 fully saturated rings. The minimum Gasteiger partial charge on any atom is -0.465 e. The number of methoxy groups -OCH3 is 3. The molecule has 0 spiro atoms. The molecule has 0 radical (unpaired) electrons. The number of imidazole rings is 1. The summed E-state index contributed by atoms with van der Waals surface area (Å²) in [5, 5.41) is 0. The number of ether oxygens (including phenoxy) is 3. The highest BCUT2D eigenvalue weighted by atomic mass is 16.7. The van der Waals surface area contributed by atoms with Crippen molar-refractivity contribution in [1.82, 2.24) is 9.55 Å². The van der Waals surface area contributed by atoms with Crippen LogP contribution in [0.2, 0.25) is 0 Å². The van der Waals surface area contributed by atoms with Gasteiger partial charge in [-0.2, -0.15) is 0 Å². The Balaban J connectivity index is 2.62. The van der Waals surface area contributed by atoms with Gasteiger partial charge in [-0.1, -0.05) is 13.0 Å². The topological polar surface area (TPSA) is 62.6 Å². The molecule has 0 aliphatic carbocycles. The monoisotopic (exact) mass is 292 g/mol. The van der Waals surface area contributed by atoms with Crippen molar-refractivity contribution in [3.63, 3.8) is 0 Å². The van der Waals surface area contributed by atoms with Crippen LogP contribution in [0.3, 0.4) is 0 Å². The van der Waals surface area contributed by atoms with Crippen LogP contribution in [-0.4, -0.2) is 43.1 Å². The van der Waals surface area contributed by atoms with E-state index < -0.39 is 6.29 Å². The molecule has 0 N–H and O–H groups in total. The van der Waals surface area contributed by atoms with Crippen LogP contribution < -0.4 is 0 Å². The fourth-order valence-corrected chi connectivity index (χ4v) is 2.37. The van der Waals surface area contributed by atoms with Crippen LogP contribution in [0.1, 0.15) is 23.1 Å². The summed E-state index contributed by atoms with van der Waals surface area (Å²) in [7, 11) is 4.54. The number of aromatic nitrogens is 2. The Morgan fingerprint density at radius 3 is 2.57 bits per heavy atom. The lowest BCUT2D eigenvalue weighted by atomic mass is 10.2. The second kappa shape index (κ2) is 6.69. The van der Waals surface area contributed by atoms with Crippen LogP contribution in [0.15, 0.2) is 18.2 Å². The molecule has 0 bridgehead atoms. The van der Waals surface area contributed by atoms with E-state index >= 15 is 0 Å². The zero-order chi connectivity index (χ0) is 15.4. The Morgan fingerprint density at radius 1 is 1.29 bits per heavy atom. The molecule has 0 aliphatic heterocycles. The minimum atomic E-state index is -0.404. The Bertz CT molecular complexity index is 632. The van der Waals surface area contributed by atoms with E-state index in [4.69, 9.17) is 14.2 Å². The second-order valence-corrected chi connectivity index (χ2v) is 4.56. The van der Waals surface area contributed by atoms with Crippen molar-refractivity contribution in [3.05, 3.63) is 29.6 Å². The molecule has 2 aromatic rings. The highest BCUT2D eigenvalue weighted by Gasteiger charge is 2.20. The smallest absolute Gasteiger partial charge is 0.340 e. The van der Waals surface area contributed by atoms with Gasteiger partial charge in [-0.25, -0.2) is 9.78 Å². The molecular formula is C15H20N2O4. The van der Waals surface area contributed by atoms with Gasteiger partial charge in [0.25, 0.3) is 0 Å². The minimum absolute atomic E-state index is 0.379. The number of hydrogen-bond donors (Lipinski definition) is 0. The van der Waals surface area contributed by atoms with Gasteiger partial charge in [0.1, 0.15) is 5.82 Å². The first kappa shape index (κ1) is 15.5. The molecular weight excluding hydrogens is 272 g/mol. The SMILES string of the molecule is CCc1nc2cccc(C(=O)OC)c2n1CC(OC)OC. The van der Waals surface area contributed by atoms with Crippen LogP contribution >= 0.6 is 0 Å². The number of hydrogen-bond acceptors (Lipinski definition) is 5. The predicted molar refractivity (Wildman–Crippen MR) is 78.3 cm³/mol. The summed E-state index contributed by atoms with van der Waals surface area (Å²) in [4.78, 5) is 16.6. The molecule has 0 atom stereocenters. The third-order valence-electron chi connectivity index (χ3n) is 3.42. The standard InChI is InChI=1S/C15H20N2O4/c1-5-12-16-11-8-6-7-10(15(18)21-4)14(11)17(12)9-13(19-2)20-3/h6-8,13H,5,9H2,1-4H3. The molecule has 0 aliphatic rings. The molecule has 2 rings (SSSR count). The molecule has 0 amide bonds. The number of rotatable bonds is 6. The van der Waals surface area contributed by atoms with Crippen molar-refractivity contribution < 1.29 is 19.0 Å². The quantitative estimate of drug-likeness (QED) is 0.602. The van der Waals surface area contributed by atoms with Gasteiger partial charge in [0.2, 0.25) is 0 Å². The van der Waals surface area contributed by atoms with Gasteiger partial charge in [0, 0.05) is 20.6 Å². The van der Waals surface area contributed by atoms with E-state index in [-0.39, 0.29) is 5.97 Å². The zero-order valence-corrected chi connectivity index (χ0v) is 12.8. The Hall–Kier alpha value is -1.92. The van der Waals surface area contributed by atoms with Crippen molar-refractivity contribution in [3.8, 4) is 0 Å². The highest BCUT2D eigenvalue weighted by Crippen LogP contribution is 2.22. The van der Waals surface area contributed by atoms with E-state index in [0.29, 0.717) is 12.1 Å². The predicted octanol–water partition coefficient (Wildman–Crippen LogP) is 2.00. The van der Waals surface area contributed by atoms with Crippen molar-refractivity contribution >= 4 is 17.0 Å². The van der Waals surface area contributed by atoms with Gasteiger partial charge in [-0.15, -0.1) is 0 Å². The fourth-order valence-electron chi connectivity index (χ4n) is 2.37. The van der Waals surface area contributed by atoms with E-state index in [1.54, 1.807) is 26.4 Å². The summed E-state index contributed by atoms with van der Waals surface area (Å²) in [6, 6.07) is 5.42. The van der Waals surface area contributed by atoms with Gasteiger partial charge in [-0.3, -0.25) is 0 Å². The van der Waals surface area contributed by atoms with Crippen molar-refractivity contribution in [1.29, 1.82) is 0 Å². The van der Waals surface area contributed by atoms with E-state index in [0.717, 1.165) is 23.3 Å². The third-order valence-corrected chi connectivity index (χ3v) is 3.42. The lowest BCUT2D eigenvalue weighted by Crippen LogP contribution is -2.22. The number of fused-ring (bicyclic) bond motifs is 1. The average Bonchev–Trinajstić information content (AvgIpc) is 2.89. The molecule has 1 aromatic heterocycles. The number of carbonyl (C=O) groups excluding carboxylic acids is 1. The van der Waals surface area contributed by atoms with Crippen molar-refractivity contribution in [2.75, 3.05) is 21.3 Å². The van der Waals surface area contributed by atoms with Gasteiger partial charge < -0.3 is 18.8 Å². The first-order valence-electron chi connectivity index (χ1n) is 6.78. The number of esters is 1. The number of aryl methyl sites for hydroxylation is 1. The molecule has 6 heteroatoms. The van der Waals surface area contributed by atoms with Crippen LogP contribution in [0, 0.1) is 0 Å². The lowest BCUT2D eigenvalue weighted by molar-refractivity contribution is -0.110. The van der Waals surface area contributed by atoms with E-state index in [1.165, 1.54) is 7.11 Å². The number of nitrogens with zero attached hydrogens (tertiary/aromatic N) is 2. The van der Waals surface area contributed by atoms with Crippen LogP contribution in [-0.2, 0) is 27.2 Å². The average molecular weight is 292 g/mol. The summed E-state index contributed by atoms with van der Waals surface area (Å²) in [6.07, 6.45) is 0.341. The summed E-state index contributed by atoms with van der Waals surface area (Å²) >= 11 is 0. The Labute approximate surface area is 123 Å². The maximum absolute atomic E-state index is 12.0. The molecule has 0 saturated carbocycles. The molecule has 21 heavy (non-hydrogen) atoms. The lowest BCUT2D eigenvalue weighted by Gasteiger charge is -2.17. The normalized spacial score (nSPS) is 11.3. The first-order chi connectivity index (χ1) is 10.2. The van der Waals surface area contributed by atoms with Crippen LogP contribution in [0.4, 0.5) is 0 Å². The van der Waals surface area contributed by atoms with Crippen molar-refractivity contribution in [2.45, 2.75) is 26.2 Å². The summed E-state index contributed by atoms with van der Waals surface area (Å²) in [6.45, 7) is 2.48. The summed E-state index contributed by atoms with van der Waals surface area (Å²) in [5.74, 6) is 0.497. The molecule has 0 unspecified atom stereocenters. The molecule has 1 heterocycles. The fraction of sp³-hybridized carbons (Fsp3) is 0.467. The molecule has 114 valence electrons. The zero-order valence-electron chi connectivity index (χ0n) is 12.8. The Morgan fingerprint density at radius 2 is 2.00 bits per heavy atom. The summed E-state index contributed by atoms with van der Waals surface area (Å²) in [5.41, 5.74) is 2.01. The Kier molecular flexibility index (Phi) is 4.93. The van der Waals surface area contributed by atoms with Crippen LogP contribution in [0.25, 0.3) is 11.0 Å². The maximum Gasteiger partial charge on any atom is 0.340 e. The van der Waals surface area contributed by atoms with Gasteiger partial charge in [-0.05, 0) is 12.1 Å². The van der Waals surface area contributed by atoms with Gasteiger partial charge in [0.05, 0.1) is 30.3 Å². The van der Waals surface area contributed by atoms with E-state index in [1.807, 2.05) is 17.6 Å². The van der Waals surface area contributed by atoms with Crippen molar-refractivity contribution in [2.24, 2.45) is 0 Å². The summed E-state index contributed by atoms with van der Waals surface area (Å²) < 4.78 is 17.3. The highest BCUT2D eigenvalue weighted by molar-refractivity contribution is 6.02. The first-order valence-corrected chi connectivity index (χ1v) is 6.78. The molecule has 0 saturated heterocycles. The number of carbonyl (C=O) groups is 1. The van der Waals surface area contributed by atoms with Crippen LogP contribution in [0.5, 0.6) is 0 Å². The van der Waals surface area contributed by atoms with Gasteiger partial charge >= 0.3 is 5.97 Å². The third kappa shape index (κ3) is 2.91. The maximum atomic E-state index is 12.0. The second-order valence-electron chi connectivity index (χ2n) is 4.56. The largest absolute Gasteiger partial charge is 0.465 e. The number of benzene rings is 1. The van der Waals surface area contributed by atoms with E-state index in [9.17, 15) is 4.79 Å². The molecule has 1 aromatic carbocycles. The van der Waals surface area contributed by atoms with Gasteiger partial charge in [0.15, 0.2) is 6.29 Å². The number of para-hydroxylation sites is 1. The molecule has 6 nitrogen and oxygen atoms in total.